The van der Waals surface area contributed by atoms with Gasteiger partial charge >= 0.3 is 0 Å². The Balaban J connectivity index is 1.18. The van der Waals surface area contributed by atoms with Crippen LogP contribution in [-0.4, -0.2) is 51.2 Å². The summed E-state index contributed by atoms with van der Waals surface area (Å²) in [5.74, 6) is -0.149. The average molecular weight is 465 g/mol. The van der Waals surface area contributed by atoms with Crippen molar-refractivity contribution in [1.29, 1.82) is 0 Å². The van der Waals surface area contributed by atoms with Crippen LogP contribution < -0.4 is 5.32 Å². The van der Waals surface area contributed by atoms with E-state index in [1.807, 2.05) is 24.3 Å². The molecule has 8 nitrogen and oxygen atoms in total. The zero-order chi connectivity index (χ0) is 22.8. The lowest BCUT2D eigenvalue weighted by molar-refractivity contribution is -0.119. The number of hydrogen-bond donors (Lipinski definition) is 1. The van der Waals surface area contributed by atoms with E-state index in [4.69, 9.17) is 4.42 Å². The summed E-state index contributed by atoms with van der Waals surface area (Å²) in [7, 11) is 0. The van der Waals surface area contributed by atoms with Crippen molar-refractivity contribution in [3.8, 4) is 0 Å². The van der Waals surface area contributed by atoms with E-state index in [-0.39, 0.29) is 42.5 Å². The number of carbonyl (C=O) groups is 3. The first kappa shape index (κ1) is 21.6. The van der Waals surface area contributed by atoms with Crippen LogP contribution in [0.5, 0.6) is 0 Å². The van der Waals surface area contributed by atoms with E-state index in [0.717, 1.165) is 31.1 Å². The molecule has 9 heteroatoms. The van der Waals surface area contributed by atoms with Crippen LogP contribution in [0.15, 0.2) is 46.0 Å². The van der Waals surface area contributed by atoms with Crippen LogP contribution in [0.3, 0.4) is 0 Å². The predicted molar refractivity (Wildman–Crippen MR) is 123 cm³/mol. The van der Waals surface area contributed by atoms with Gasteiger partial charge in [0.05, 0.1) is 5.75 Å². The van der Waals surface area contributed by atoms with Crippen LogP contribution in [-0.2, 0) is 11.2 Å². The van der Waals surface area contributed by atoms with E-state index in [2.05, 4.69) is 15.5 Å². The smallest absolute Gasteiger partial charge is 0.277 e. The van der Waals surface area contributed by atoms with Crippen molar-refractivity contribution < 1.29 is 18.8 Å². The highest BCUT2D eigenvalue weighted by Gasteiger charge is 2.32. The van der Waals surface area contributed by atoms with Crippen molar-refractivity contribution in [3.05, 3.63) is 53.4 Å². The molecule has 2 heterocycles. The van der Waals surface area contributed by atoms with E-state index in [1.54, 1.807) is 12.1 Å². The van der Waals surface area contributed by atoms with Crippen molar-refractivity contribution in [3.63, 3.8) is 0 Å². The second-order valence-electron chi connectivity index (χ2n) is 8.37. The molecule has 2 aromatic carbocycles. The van der Waals surface area contributed by atoms with Crippen molar-refractivity contribution in [2.45, 2.75) is 49.8 Å². The molecule has 0 radical (unpaired) electrons. The molecule has 0 spiro atoms. The highest BCUT2D eigenvalue weighted by atomic mass is 32.2. The molecule has 1 fully saturated rings. The molecule has 33 heavy (non-hydrogen) atoms. The second kappa shape index (κ2) is 9.35. The molecule has 0 saturated heterocycles. The third kappa shape index (κ3) is 4.50. The van der Waals surface area contributed by atoms with E-state index in [1.165, 1.54) is 23.1 Å². The Kier molecular flexibility index (Phi) is 6.13. The highest BCUT2D eigenvalue weighted by molar-refractivity contribution is 7.99. The molecule has 1 aliphatic heterocycles. The average Bonchev–Trinajstić information content (AvgIpc) is 3.29. The maximum Gasteiger partial charge on any atom is 0.277 e. The summed E-state index contributed by atoms with van der Waals surface area (Å²) in [5.41, 5.74) is 1.04. The van der Waals surface area contributed by atoms with E-state index in [9.17, 15) is 14.4 Å². The molecule has 2 aliphatic rings. The number of nitrogens with zero attached hydrogens (tertiary/aromatic N) is 3. The number of nitrogens with one attached hydrogen (secondary N) is 1. The van der Waals surface area contributed by atoms with Gasteiger partial charge in [-0.2, -0.15) is 0 Å². The Bertz CT molecular complexity index is 1170. The Morgan fingerprint density at radius 2 is 1.73 bits per heavy atom. The van der Waals surface area contributed by atoms with Gasteiger partial charge in [0.25, 0.3) is 17.0 Å². The summed E-state index contributed by atoms with van der Waals surface area (Å²) in [5, 5.41) is 12.9. The van der Waals surface area contributed by atoms with Crippen molar-refractivity contribution in [2.24, 2.45) is 0 Å². The van der Waals surface area contributed by atoms with Crippen LogP contribution in [0.1, 0.15) is 58.7 Å². The lowest BCUT2D eigenvalue weighted by Crippen LogP contribution is -2.41. The Morgan fingerprint density at radius 3 is 2.42 bits per heavy atom. The topological polar surface area (TPSA) is 105 Å². The SMILES string of the molecule is O=C(CSc1nnc(CCN2C(=O)c3cccc4cccc(c34)C2=O)o1)NC1CCCCC1. The number of rotatable bonds is 7. The van der Waals surface area contributed by atoms with E-state index in [0.29, 0.717) is 27.6 Å². The van der Waals surface area contributed by atoms with Crippen LogP contribution in [0.4, 0.5) is 0 Å². The molecule has 0 atom stereocenters. The monoisotopic (exact) mass is 464 g/mol. The molecule has 1 aliphatic carbocycles. The molecule has 3 amide bonds. The predicted octanol–water partition coefficient (Wildman–Crippen LogP) is 3.60. The molecule has 1 saturated carbocycles. The highest BCUT2D eigenvalue weighted by Crippen LogP contribution is 2.30. The number of imide groups is 1. The van der Waals surface area contributed by atoms with Gasteiger partial charge in [-0.15, -0.1) is 10.2 Å². The molecule has 0 bridgehead atoms. The minimum absolute atomic E-state index is 0.0380. The van der Waals surface area contributed by atoms with Crippen molar-refractivity contribution in [2.75, 3.05) is 12.3 Å². The zero-order valence-electron chi connectivity index (χ0n) is 18.1. The molecule has 0 unspecified atom stereocenters. The first-order valence-corrected chi connectivity index (χ1v) is 12.2. The van der Waals surface area contributed by atoms with E-state index < -0.39 is 0 Å². The number of hydrogen-bond acceptors (Lipinski definition) is 7. The zero-order valence-corrected chi connectivity index (χ0v) is 18.9. The third-order valence-electron chi connectivity index (χ3n) is 6.15. The fourth-order valence-corrected chi connectivity index (χ4v) is 5.12. The summed E-state index contributed by atoms with van der Waals surface area (Å²) >= 11 is 1.19. The van der Waals surface area contributed by atoms with Crippen molar-refractivity contribution in [1.82, 2.24) is 20.4 Å². The molecule has 1 aromatic heterocycles. The number of aromatic nitrogens is 2. The standard InChI is InChI=1S/C24H24N4O4S/c29-19(25-16-8-2-1-3-9-16)14-33-24-27-26-20(32-24)12-13-28-22(30)17-10-4-6-15-7-5-11-18(21(15)17)23(28)31/h4-7,10-11,16H,1-3,8-9,12-14H2,(H,25,29). The molecule has 170 valence electrons. The Morgan fingerprint density at radius 1 is 1.03 bits per heavy atom. The number of carbonyl (C=O) groups excluding carboxylic acids is 3. The normalized spacial score (nSPS) is 16.4. The second-order valence-corrected chi connectivity index (χ2v) is 9.30. The van der Waals surface area contributed by atoms with E-state index >= 15 is 0 Å². The van der Waals surface area contributed by atoms with Gasteiger partial charge in [0.2, 0.25) is 11.8 Å². The summed E-state index contributed by atoms with van der Waals surface area (Å²) in [6.07, 6.45) is 5.88. The number of benzene rings is 2. The maximum absolute atomic E-state index is 13.0. The number of thioether (sulfide) groups is 1. The molecule has 1 N–H and O–H groups in total. The van der Waals surface area contributed by atoms with Gasteiger partial charge in [-0.1, -0.05) is 55.3 Å². The number of amides is 3. The molecular formula is C24H24N4O4S. The molecule has 5 rings (SSSR count). The van der Waals surface area contributed by atoms with Gasteiger partial charge in [0, 0.05) is 35.5 Å². The first-order valence-electron chi connectivity index (χ1n) is 11.2. The Hall–Kier alpha value is -3.20. The van der Waals surface area contributed by atoms with Gasteiger partial charge in [-0.25, -0.2) is 0 Å². The van der Waals surface area contributed by atoms with Crippen LogP contribution in [0, 0.1) is 0 Å². The summed E-state index contributed by atoms with van der Waals surface area (Å²) < 4.78 is 5.62. The minimum atomic E-state index is -0.321. The molecule has 3 aromatic rings. The lowest BCUT2D eigenvalue weighted by atomic mass is 9.94. The third-order valence-corrected chi connectivity index (χ3v) is 6.97. The summed E-state index contributed by atoms with van der Waals surface area (Å²) in [6.45, 7) is 0.136. The largest absolute Gasteiger partial charge is 0.416 e. The fraction of sp³-hybridized carbons (Fsp3) is 0.375. The van der Waals surface area contributed by atoms with Gasteiger partial charge in [-0.05, 0) is 30.4 Å². The quantitative estimate of drug-likeness (QED) is 0.421. The van der Waals surface area contributed by atoms with Crippen LogP contribution in [0.25, 0.3) is 10.8 Å². The van der Waals surface area contributed by atoms with Gasteiger partial charge in [-0.3, -0.25) is 19.3 Å². The first-order chi connectivity index (χ1) is 16.1. The fourth-order valence-electron chi connectivity index (χ4n) is 4.53. The lowest BCUT2D eigenvalue weighted by Gasteiger charge is -2.26. The molecular weight excluding hydrogens is 440 g/mol. The van der Waals surface area contributed by atoms with Crippen LogP contribution >= 0.6 is 11.8 Å². The van der Waals surface area contributed by atoms with Gasteiger partial charge < -0.3 is 9.73 Å². The van der Waals surface area contributed by atoms with Crippen molar-refractivity contribution >= 4 is 40.3 Å². The Labute approximate surface area is 195 Å². The summed E-state index contributed by atoms with van der Waals surface area (Å²) in [4.78, 5) is 39.3. The minimum Gasteiger partial charge on any atom is -0.416 e. The summed E-state index contributed by atoms with van der Waals surface area (Å²) in [6, 6.07) is 11.2. The van der Waals surface area contributed by atoms with Gasteiger partial charge in [0.15, 0.2) is 0 Å². The van der Waals surface area contributed by atoms with Crippen LogP contribution in [0.2, 0.25) is 0 Å². The van der Waals surface area contributed by atoms with Gasteiger partial charge in [0.1, 0.15) is 0 Å². The maximum atomic E-state index is 13.0.